The van der Waals surface area contributed by atoms with Crippen molar-refractivity contribution < 1.29 is 23.1 Å². The molecule has 0 heterocycles. The Kier molecular flexibility index (Phi) is 4.76. The number of rotatable bonds is 4. The highest BCUT2D eigenvalue weighted by atomic mass is 19.1. The molecular formula is C12H13F2NO3. The molecule has 0 bridgehead atoms. The van der Waals surface area contributed by atoms with Crippen molar-refractivity contribution in [2.45, 2.75) is 19.4 Å². The third-order valence-electron chi connectivity index (χ3n) is 2.33. The highest BCUT2D eigenvalue weighted by Crippen LogP contribution is 2.12. The molecule has 0 radical (unpaired) electrons. The van der Waals surface area contributed by atoms with E-state index in [0.29, 0.717) is 0 Å². The highest BCUT2D eigenvalue weighted by Gasteiger charge is 2.18. The number of hydrogen-bond donors (Lipinski definition) is 1. The Bertz CT molecular complexity index is 442. The molecule has 1 rings (SSSR count). The van der Waals surface area contributed by atoms with Crippen LogP contribution < -0.4 is 5.32 Å². The average Bonchev–Trinajstić information content (AvgIpc) is 2.32. The fraction of sp³-hybridized carbons (Fsp3) is 0.333. The largest absolute Gasteiger partial charge is 0.467 e. The lowest BCUT2D eigenvalue weighted by molar-refractivity contribution is -0.144. The molecule has 0 saturated heterocycles. The van der Waals surface area contributed by atoms with Crippen molar-refractivity contribution in [2.24, 2.45) is 0 Å². The van der Waals surface area contributed by atoms with Gasteiger partial charge in [-0.3, -0.25) is 4.79 Å². The quantitative estimate of drug-likeness (QED) is 0.824. The van der Waals surface area contributed by atoms with Gasteiger partial charge in [0, 0.05) is 5.56 Å². The Morgan fingerprint density at radius 2 is 1.89 bits per heavy atom. The van der Waals surface area contributed by atoms with Crippen LogP contribution in [0.2, 0.25) is 0 Å². The lowest BCUT2D eigenvalue weighted by Crippen LogP contribution is -2.40. The smallest absolute Gasteiger partial charge is 0.328 e. The first-order valence-corrected chi connectivity index (χ1v) is 5.25. The predicted molar refractivity (Wildman–Crippen MR) is 59.7 cm³/mol. The van der Waals surface area contributed by atoms with Crippen molar-refractivity contribution in [1.82, 2.24) is 5.32 Å². The van der Waals surface area contributed by atoms with Crippen LogP contribution in [0.4, 0.5) is 8.78 Å². The Morgan fingerprint density at radius 3 is 2.39 bits per heavy atom. The highest BCUT2D eigenvalue weighted by molar-refractivity contribution is 5.85. The minimum atomic E-state index is -0.864. The van der Waals surface area contributed by atoms with Crippen molar-refractivity contribution in [3.63, 3.8) is 0 Å². The number of methoxy groups -OCH3 is 1. The van der Waals surface area contributed by atoms with E-state index in [1.54, 1.807) is 0 Å². The van der Waals surface area contributed by atoms with Crippen LogP contribution in [-0.4, -0.2) is 25.0 Å². The Labute approximate surface area is 103 Å². The van der Waals surface area contributed by atoms with E-state index in [0.717, 1.165) is 12.1 Å². The minimum Gasteiger partial charge on any atom is -0.467 e. The maximum absolute atomic E-state index is 13.3. The van der Waals surface area contributed by atoms with E-state index in [1.165, 1.54) is 20.1 Å². The molecule has 0 aliphatic heterocycles. The van der Waals surface area contributed by atoms with E-state index in [9.17, 15) is 18.4 Å². The summed E-state index contributed by atoms with van der Waals surface area (Å²) >= 11 is 0. The van der Waals surface area contributed by atoms with Gasteiger partial charge in [-0.05, 0) is 19.1 Å². The van der Waals surface area contributed by atoms with E-state index in [4.69, 9.17) is 0 Å². The zero-order valence-corrected chi connectivity index (χ0v) is 10.00. The van der Waals surface area contributed by atoms with E-state index in [1.807, 2.05) is 0 Å². The summed E-state index contributed by atoms with van der Waals surface area (Å²) in [4.78, 5) is 22.5. The van der Waals surface area contributed by atoms with Crippen LogP contribution in [0.5, 0.6) is 0 Å². The van der Waals surface area contributed by atoms with Crippen LogP contribution in [0.15, 0.2) is 18.2 Å². The Hall–Kier alpha value is -1.98. The summed E-state index contributed by atoms with van der Waals surface area (Å²) < 4.78 is 30.9. The zero-order chi connectivity index (χ0) is 13.7. The Balaban J connectivity index is 2.68. The van der Waals surface area contributed by atoms with Gasteiger partial charge in [0.2, 0.25) is 5.91 Å². The molecule has 4 nitrogen and oxygen atoms in total. The second-order valence-electron chi connectivity index (χ2n) is 3.69. The summed E-state index contributed by atoms with van der Waals surface area (Å²) in [6.07, 6.45) is -0.472. The average molecular weight is 257 g/mol. The first-order chi connectivity index (χ1) is 8.45. The number of carbonyl (C=O) groups is 2. The molecule has 98 valence electrons. The lowest BCUT2D eigenvalue weighted by atomic mass is 10.1. The van der Waals surface area contributed by atoms with Crippen molar-refractivity contribution in [3.8, 4) is 0 Å². The molecule has 1 atom stereocenters. The van der Waals surface area contributed by atoms with Gasteiger partial charge in [0.15, 0.2) is 0 Å². The van der Waals surface area contributed by atoms with Crippen molar-refractivity contribution in [3.05, 3.63) is 35.4 Å². The number of esters is 1. The second kappa shape index (κ2) is 6.09. The van der Waals surface area contributed by atoms with Gasteiger partial charge in [-0.15, -0.1) is 0 Å². The molecule has 1 amide bonds. The molecule has 0 fully saturated rings. The molecule has 1 aromatic carbocycles. The number of amides is 1. The molecule has 0 spiro atoms. The van der Waals surface area contributed by atoms with Crippen LogP contribution in [-0.2, 0) is 20.7 Å². The van der Waals surface area contributed by atoms with Crippen LogP contribution in [0.25, 0.3) is 0 Å². The van der Waals surface area contributed by atoms with E-state index in [2.05, 4.69) is 10.1 Å². The fourth-order valence-corrected chi connectivity index (χ4v) is 1.39. The number of benzene rings is 1. The van der Waals surface area contributed by atoms with Crippen LogP contribution in [0.3, 0.4) is 0 Å². The van der Waals surface area contributed by atoms with Gasteiger partial charge in [-0.25, -0.2) is 13.6 Å². The summed E-state index contributed by atoms with van der Waals surface area (Å²) in [5, 5.41) is 2.29. The molecule has 0 unspecified atom stereocenters. The standard InChI is InChI=1S/C12H13F2NO3/c1-7(12(17)18-2)15-11(16)6-8-9(13)4-3-5-10(8)14/h3-5,7H,6H2,1-2H3,(H,15,16)/t7-/m1/s1. The molecule has 0 aliphatic carbocycles. The monoisotopic (exact) mass is 257 g/mol. The van der Waals surface area contributed by atoms with Gasteiger partial charge >= 0.3 is 5.97 Å². The van der Waals surface area contributed by atoms with Gasteiger partial charge in [0.1, 0.15) is 17.7 Å². The van der Waals surface area contributed by atoms with Crippen molar-refractivity contribution in [2.75, 3.05) is 7.11 Å². The first kappa shape index (κ1) is 14.1. The van der Waals surface area contributed by atoms with Gasteiger partial charge < -0.3 is 10.1 Å². The number of hydrogen-bond acceptors (Lipinski definition) is 3. The maximum Gasteiger partial charge on any atom is 0.328 e. The number of halogens is 2. The van der Waals surface area contributed by atoms with Crippen molar-refractivity contribution >= 4 is 11.9 Å². The van der Waals surface area contributed by atoms with Crippen LogP contribution in [0, 0.1) is 11.6 Å². The topological polar surface area (TPSA) is 55.4 Å². The van der Waals surface area contributed by atoms with Gasteiger partial charge in [-0.1, -0.05) is 6.07 Å². The summed E-state index contributed by atoms with van der Waals surface area (Å²) in [5.74, 6) is -2.87. The zero-order valence-electron chi connectivity index (χ0n) is 10.00. The molecule has 1 N–H and O–H groups in total. The third-order valence-corrected chi connectivity index (χ3v) is 2.33. The predicted octanol–water partition coefficient (Wildman–Crippen LogP) is 1.18. The van der Waals surface area contributed by atoms with Crippen molar-refractivity contribution in [1.29, 1.82) is 0 Å². The molecule has 0 saturated carbocycles. The second-order valence-corrected chi connectivity index (χ2v) is 3.69. The summed E-state index contributed by atoms with van der Waals surface area (Å²) in [6.45, 7) is 1.42. The fourth-order valence-electron chi connectivity index (χ4n) is 1.39. The summed E-state index contributed by atoms with van der Waals surface area (Å²) in [5.41, 5.74) is -0.327. The third kappa shape index (κ3) is 3.51. The molecular weight excluding hydrogens is 244 g/mol. The van der Waals surface area contributed by atoms with Gasteiger partial charge in [-0.2, -0.15) is 0 Å². The van der Waals surface area contributed by atoms with E-state index in [-0.39, 0.29) is 5.56 Å². The number of carbonyl (C=O) groups excluding carboxylic acids is 2. The molecule has 1 aromatic rings. The number of ether oxygens (including phenoxy) is 1. The number of nitrogens with one attached hydrogen (secondary N) is 1. The summed E-state index contributed by atoms with van der Waals surface area (Å²) in [6, 6.07) is 2.48. The Morgan fingerprint density at radius 1 is 1.33 bits per heavy atom. The molecule has 0 aromatic heterocycles. The first-order valence-electron chi connectivity index (χ1n) is 5.25. The molecule has 0 aliphatic rings. The SMILES string of the molecule is COC(=O)[C@@H](C)NC(=O)Cc1c(F)cccc1F. The van der Waals surface area contributed by atoms with E-state index < -0.39 is 36.0 Å². The maximum atomic E-state index is 13.3. The normalized spacial score (nSPS) is 11.8. The molecule has 18 heavy (non-hydrogen) atoms. The van der Waals surface area contributed by atoms with Crippen LogP contribution >= 0.6 is 0 Å². The van der Waals surface area contributed by atoms with Crippen LogP contribution in [0.1, 0.15) is 12.5 Å². The molecule has 6 heteroatoms. The summed E-state index contributed by atoms with van der Waals surface area (Å²) in [7, 11) is 1.18. The van der Waals surface area contributed by atoms with Gasteiger partial charge in [0.25, 0.3) is 0 Å². The van der Waals surface area contributed by atoms with E-state index >= 15 is 0 Å². The van der Waals surface area contributed by atoms with Gasteiger partial charge in [0.05, 0.1) is 13.5 Å². The lowest BCUT2D eigenvalue weighted by Gasteiger charge is -2.11. The minimum absolute atomic E-state index is 0.327.